The molecule has 12 nitrogen and oxygen atoms in total. The zero-order chi connectivity index (χ0) is 46.5. The number of carbonyl (C=O) groups excluding carboxylic acids is 1. The van der Waals surface area contributed by atoms with Crippen LogP contribution in [0.2, 0.25) is 0 Å². The lowest BCUT2D eigenvalue weighted by molar-refractivity contribution is -0.337. The van der Waals surface area contributed by atoms with Crippen molar-refractivity contribution in [3.8, 4) is 0 Å². The van der Waals surface area contributed by atoms with Crippen LogP contribution in [0.4, 0.5) is 0 Å². The number of Topliss-reactive ketones (excluding diaryl/α,β-unsaturated/α-hetero) is 1. The third-order valence-corrected chi connectivity index (χ3v) is 22.8. The van der Waals surface area contributed by atoms with Crippen molar-refractivity contribution < 1.29 is 49.3 Å². The minimum absolute atomic E-state index is 0.0559. The second kappa shape index (κ2) is 12.8. The summed E-state index contributed by atoms with van der Waals surface area (Å²) in [4.78, 5) is 26.0. The number of allylic oxidation sites excluding steroid dienone is 1. The molecule has 4 saturated carbocycles. The van der Waals surface area contributed by atoms with E-state index in [1.165, 1.54) is 0 Å². The molecule has 0 bridgehead atoms. The van der Waals surface area contributed by atoms with E-state index in [1.54, 1.807) is 0 Å². The van der Waals surface area contributed by atoms with Gasteiger partial charge in [0, 0.05) is 47.8 Å². The molecule has 3 spiro atoms. The fourth-order valence-corrected chi connectivity index (χ4v) is 19.3. The van der Waals surface area contributed by atoms with Gasteiger partial charge in [0.15, 0.2) is 5.79 Å². The standard InChI is InChI=1S/C54H74N2O10/c1-26-31-14-15-32-33-13-11-29-17-37-39(21-48(29,8)51(33,61)24-41(58)50(31,32)25-63-53(26)42(59)22-45(3,4)65-53)56-36-16-28-10-12-30-34(47(28,7)20-38(36)55-37)18-40(57)49(9)35(30)19-44-52(49,62)27(2)54(64-44)43(60)23-46(5,6)66-54/h15,19,26-31,33-34,40,42-44,57,59-62H,10-14,16-18,20-25H2,1-9H3/t26-,27-,28-,29-,30+,31-,33+,34-,40-,42-,43-,44+,47-,48-,49+,50-,51-,52-,53-,54-/m0/s1. The highest BCUT2D eigenvalue weighted by Crippen LogP contribution is 2.73. The lowest BCUT2D eigenvalue weighted by atomic mass is 9.42. The fraction of sp³-hybridized carbons (Fsp3) is 0.833. The van der Waals surface area contributed by atoms with Crippen LogP contribution in [0.5, 0.6) is 0 Å². The van der Waals surface area contributed by atoms with Crippen LogP contribution in [-0.4, -0.2) is 106 Å². The Kier molecular flexibility index (Phi) is 8.54. The molecule has 0 aromatic carbocycles. The average molecular weight is 911 g/mol. The summed E-state index contributed by atoms with van der Waals surface area (Å²) in [6.07, 6.45) is 10.1. The van der Waals surface area contributed by atoms with Gasteiger partial charge in [0.25, 0.3) is 0 Å². The molecule has 5 N–H and O–H groups in total. The zero-order valence-electron chi connectivity index (χ0n) is 40.7. The molecule has 1 aromatic heterocycles. The summed E-state index contributed by atoms with van der Waals surface area (Å²) < 4.78 is 26.3. The van der Waals surface area contributed by atoms with E-state index in [9.17, 15) is 30.3 Å². The average Bonchev–Trinajstić information content (AvgIpc) is 3.94. The molecule has 13 rings (SSSR count). The van der Waals surface area contributed by atoms with Crippen LogP contribution in [0.15, 0.2) is 23.3 Å². The third kappa shape index (κ3) is 4.83. The predicted molar refractivity (Wildman–Crippen MR) is 240 cm³/mol. The van der Waals surface area contributed by atoms with Crippen molar-refractivity contribution in [2.24, 2.45) is 69.0 Å². The normalized spacial score (nSPS) is 56.5. The number of aromatic nitrogens is 2. The number of nitrogens with zero attached hydrogens (tertiary/aromatic N) is 2. The molecule has 360 valence electrons. The molecule has 8 fully saturated rings. The molecule has 12 heteroatoms. The second-order valence-electron chi connectivity index (χ2n) is 26.4. The Morgan fingerprint density at radius 3 is 2.02 bits per heavy atom. The van der Waals surface area contributed by atoms with Crippen LogP contribution >= 0.6 is 0 Å². The van der Waals surface area contributed by atoms with Gasteiger partial charge >= 0.3 is 0 Å². The van der Waals surface area contributed by atoms with Gasteiger partial charge in [0.1, 0.15) is 29.7 Å². The van der Waals surface area contributed by atoms with Gasteiger partial charge in [-0.15, -0.1) is 0 Å². The van der Waals surface area contributed by atoms with Gasteiger partial charge in [-0.25, -0.2) is 0 Å². The van der Waals surface area contributed by atoms with Gasteiger partial charge in [-0.3, -0.25) is 14.8 Å². The van der Waals surface area contributed by atoms with Crippen molar-refractivity contribution >= 4 is 5.78 Å². The summed E-state index contributed by atoms with van der Waals surface area (Å²) in [6, 6.07) is 0. The summed E-state index contributed by atoms with van der Waals surface area (Å²) in [7, 11) is 0. The molecule has 20 atom stereocenters. The number of aliphatic hydroxyl groups is 5. The lowest BCUT2D eigenvalue weighted by Crippen LogP contribution is -2.70. The Morgan fingerprint density at radius 2 is 1.35 bits per heavy atom. The number of rotatable bonds is 0. The first-order valence-corrected chi connectivity index (χ1v) is 25.9. The van der Waals surface area contributed by atoms with Crippen molar-refractivity contribution in [2.45, 2.75) is 204 Å². The molecular formula is C54H74N2O10. The van der Waals surface area contributed by atoms with Gasteiger partial charge in [-0.05, 0) is 127 Å². The molecular weight excluding hydrogens is 837 g/mol. The Bertz CT molecular complexity index is 2420. The van der Waals surface area contributed by atoms with Gasteiger partial charge in [-0.2, -0.15) is 0 Å². The van der Waals surface area contributed by atoms with Crippen LogP contribution in [0.1, 0.15) is 143 Å². The zero-order valence-corrected chi connectivity index (χ0v) is 40.7. The number of ether oxygens (including phenoxy) is 4. The molecule has 4 saturated heterocycles. The van der Waals surface area contributed by atoms with Crippen molar-refractivity contribution in [1.82, 2.24) is 9.97 Å². The quantitative estimate of drug-likeness (QED) is 0.203. The molecule has 0 radical (unpaired) electrons. The van der Waals surface area contributed by atoms with E-state index in [1.807, 2.05) is 41.5 Å². The fourth-order valence-electron chi connectivity index (χ4n) is 19.3. The van der Waals surface area contributed by atoms with E-state index in [0.29, 0.717) is 38.0 Å². The summed E-state index contributed by atoms with van der Waals surface area (Å²) in [5, 5.41) is 61.4. The van der Waals surface area contributed by atoms with Gasteiger partial charge in [0.2, 0.25) is 5.79 Å². The van der Waals surface area contributed by atoms with Crippen LogP contribution in [0, 0.1) is 69.0 Å². The number of carbonyl (C=O) groups is 1. The Hall–Kier alpha value is -2.13. The molecule has 0 unspecified atom stereocenters. The summed E-state index contributed by atoms with van der Waals surface area (Å²) in [5.41, 5.74) is 0.0789. The smallest absolute Gasteiger partial charge is 0.201 e. The monoisotopic (exact) mass is 911 g/mol. The van der Waals surface area contributed by atoms with E-state index in [2.05, 4.69) is 32.9 Å². The minimum Gasteiger partial charge on any atom is -0.392 e. The van der Waals surface area contributed by atoms with Gasteiger partial charge in [0.05, 0.1) is 57.7 Å². The van der Waals surface area contributed by atoms with Crippen LogP contribution < -0.4 is 0 Å². The number of hydrogen-bond acceptors (Lipinski definition) is 12. The first kappa shape index (κ1) is 43.9. The molecule has 12 aliphatic rings. The lowest BCUT2D eigenvalue weighted by Gasteiger charge is -2.64. The van der Waals surface area contributed by atoms with E-state index in [4.69, 9.17) is 28.9 Å². The Labute approximate surface area is 389 Å². The molecule has 8 aliphatic carbocycles. The van der Waals surface area contributed by atoms with Gasteiger partial charge < -0.3 is 44.5 Å². The number of ketones is 1. The second-order valence-corrected chi connectivity index (χ2v) is 26.4. The Balaban J connectivity index is 0.775. The first-order chi connectivity index (χ1) is 30.8. The third-order valence-electron chi connectivity index (χ3n) is 22.8. The van der Waals surface area contributed by atoms with E-state index in [0.717, 1.165) is 78.9 Å². The van der Waals surface area contributed by atoms with Crippen molar-refractivity contribution in [1.29, 1.82) is 0 Å². The highest BCUT2D eigenvalue weighted by atomic mass is 16.7. The number of fused-ring (bicyclic) bond motifs is 13. The number of aliphatic hydroxyl groups excluding tert-OH is 3. The van der Waals surface area contributed by atoms with Gasteiger partial charge in [-0.1, -0.05) is 57.9 Å². The van der Waals surface area contributed by atoms with Crippen LogP contribution in [-0.2, 0) is 49.4 Å². The van der Waals surface area contributed by atoms with E-state index >= 15 is 0 Å². The summed E-state index contributed by atoms with van der Waals surface area (Å²) in [6.45, 7) is 18.8. The molecule has 0 amide bonds. The maximum atomic E-state index is 15.0. The topological polar surface area (TPSA) is 181 Å². The SMILES string of the molecule is C[C@@H]1[C@]2(O[C@@H]3C=C4[C@@H]5CC[C@H]6Cc7nc8c(nc7C[C@]6(C)[C@H]5C[C@H](O)[C@]4(C)[C@]13O)C[C@@H]1CC[C@@H]3C4=CC[C@H]5[C@H](C)[C@]6(OC[C@@]45C(=O)C[C@@]3(O)[C@@]1(C)C8)OC(C)(C)C[C@@H]6O)OC(C)(C)C[C@@H]2O. The number of hydrogen-bond donors (Lipinski definition) is 5. The summed E-state index contributed by atoms with van der Waals surface area (Å²) in [5.74, 6) is -2.51. The first-order valence-electron chi connectivity index (χ1n) is 25.9. The predicted octanol–water partition coefficient (Wildman–Crippen LogP) is 5.65. The highest BCUT2D eigenvalue weighted by Gasteiger charge is 2.79. The summed E-state index contributed by atoms with van der Waals surface area (Å²) >= 11 is 0. The molecule has 4 aliphatic heterocycles. The Morgan fingerprint density at radius 1 is 0.712 bits per heavy atom. The molecule has 5 heterocycles. The van der Waals surface area contributed by atoms with Crippen LogP contribution in [0.25, 0.3) is 0 Å². The van der Waals surface area contributed by atoms with E-state index in [-0.39, 0.29) is 59.7 Å². The minimum atomic E-state index is -1.43. The van der Waals surface area contributed by atoms with Crippen molar-refractivity contribution in [2.75, 3.05) is 6.61 Å². The van der Waals surface area contributed by atoms with Crippen LogP contribution in [0.3, 0.4) is 0 Å². The molecule has 66 heavy (non-hydrogen) atoms. The maximum Gasteiger partial charge on any atom is 0.201 e. The highest BCUT2D eigenvalue weighted by molar-refractivity contribution is 5.92. The largest absolute Gasteiger partial charge is 0.392 e. The maximum absolute atomic E-state index is 15.0. The van der Waals surface area contributed by atoms with Crippen molar-refractivity contribution in [3.05, 3.63) is 46.1 Å². The van der Waals surface area contributed by atoms with Crippen molar-refractivity contribution in [3.63, 3.8) is 0 Å². The molecule has 1 aromatic rings. The van der Waals surface area contributed by atoms with E-state index < -0.39 is 80.6 Å².